The molecule has 1 unspecified atom stereocenters. The lowest BCUT2D eigenvalue weighted by Crippen LogP contribution is -2.44. The molecular weight excluding hydrogens is 376 g/mol. The maximum absolute atomic E-state index is 6.69. The Morgan fingerprint density at radius 1 is 1.18 bits per heavy atom. The van der Waals surface area contributed by atoms with Gasteiger partial charge in [-0.25, -0.2) is 15.0 Å². The van der Waals surface area contributed by atoms with Crippen molar-refractivity contribution in [2.75, 3.05) is 25.1 Å². The van der Waals surface area contributed by atoms with E-state index in [1.165, 1.54) is 0 Å². The van der Waals surface area contributed by atoms with Crippen molar-refractivity contribution < 1.29 is 4.74 Å². The zero-order chi connectivity index (χ0) is 19.3. The number of methoxy groups -OCH3 is 1. The standard InChI is InChI=1S/C20H21ClN6O/c1-28-12-8-13-15(23-10-12)9-20(18(13)22)4-6-27(7-5-20)17-11-24-19-14(25-17)2-3-16(21)26-19/h2-3,8,10-11,18H,4-7,9,22H2,1H3. The van der Waals surface area contributed by atoms with Gasteiger partial charge in [-0.05, 0) is 48.4 Å². The highest BCUT2D eigenvalue weighted by atomic mass is 35.5. The SMILES string of the molecule is COc1cnc2c(c1)C(N)C1(CCN(c3cnc4nc(Cl)ccc4n3)CC1)C2. The molecule has 0 bridgehead atoms. The van der Waals surface area contributed by atoms with Crippen molar-refractivity contribution in [1.29, 1.82) is 0 Å². The topological polar surface area (TPSA) is 90.1 Å². The number of hydrogen-bond acceptors (Lipinski definition) is 7. The van der Waals surface area contributed by atoms with E-state index in [1.54, 1.807) is 25.6 Å². The molecule has 1 aliphatic carbocycles. The second-order valence-electron chi connectivity index (χ2n) is 7.62. The first-order valence-corrected chi connectivity index (χ1v) is 9.78. The molecule has 1 atom stereocenters. The van der Waals surface area contributed by atoms with E-state index in [-0.39, 0.29) is 11.5 Å². The maximum atomic E-state index is 6.69. The highest BCUT2D eigenvalue weighted by Crippen LogP contribution is 2.51. The Bertz CT molecular complexity index is 1050. The maximum Gasteiger partial charge on any atom is 0.179 e. The predicted molar refractivity (Wildman–Crippen MR) is 108 cm³/mol. The first-order valence-electron chi connectivity index (χ1n) is 9.41. The molecule has 8 heteroatoms. The summed E-state index contributed by atoms with van der Waals surface area (Å²) in [7, 11) is 1.66. The molecule has 0 aromatic carbocycles. The normalized spacial score (nSPS) is 20.5. The summed E-state index contributed by atoms with van der Waals surface area (Å²) in [6.07, 6.45) is 6.47. The minimum absolute atomic E-state index is 0.0127. The van der Waals surface area contributed by atoms with Crippen LogP contribution in [0.15, 0.2) is 30.6 Å². The molecule has 1 aliphatic heterocycles. The van der Waals surface area contributed by atoms with Gasteiger partial charge in [-0.2, -0.15) is 0 Å². The Hall–Kier alpha value is -2.51. The third-order valence-electron chi connectivity index (χ3n) is 6.17. The van der Waals surface area contributed by atoms with E-state index in [2.05, 4.69) is 19.9 Å². The molecule has 4 heterocycles. The van der Waals surface area contributed by atoms with E-state index in [9.17, 15) is 0 Å². The molecule has 3 aromatic rings. The Balaban J connectivity index is 1.36. The Morgan fingerprint density at radius 2 is 2.00 bits per heavy atom. The van der Waals surface area contributed by atoms with Gasteiger partial charge >= 0.3 is 0 Å². The van der Waals surface area contributed by atoms with E-state index in [4.69, 9.17) is 27.1 Å². The lowest BCUT2D eigenvalue weighted by atomic mass is 9.73. The number of anilines is 1. The fourth-order valence-electron chi connectivity index (χ4n) is 4.48. The van der Waals surface area contributed by atoms with Gasteiger partial charge in [0.1, 0.15) is 22.2 Å². The van der Waals surface area contributed by atoms with Crippen molar-refractivity contribution in [2.45, 2.75) is 25.3 Å². The number of nitrogens with two attached hydrogens (primary N) is 1. The largest absolute Gasteiger partial charge is 0.495 e. The zero-order valence-electron chi connectivity index (χ0n) is 15.6. The second kappa shape index (κ2) is 6.53. The predicted octanol–water partition coefficient (Wildman–Crippen LogP) is 2.92. The number of hydrogen-bond donors (Lipinski definition) is 1. The summed E-state index contributed by atoms with van der Waals surface area (Å²) in [6, 6.07) is 5.63. The van der Waals surface area contributed by atoms with Gasteiger partial charge in [0.15, 0.2) is 5.65 Å². The highest BCUT2D eigenvalue weighted by molar-refractivity contribution is 6.29. The van der Waals surface area contributed by atoms with Crippen molar-refractivity contribution in [3.63, 3.8) is 0 Å². The minimum atomic E-state index is -0.0127. The summed E-state index contributed by atoms with van der Waals surface area (Å²) >= 11 is 5.93. The zero-order valence-corrected chi connectivity index (χ0v) is 16.4. The number of piperidine rings is 1. The van der Waals surface area contributed by atoms with Crippen LogP contribution in [0.4, 0.5) is 5.82 Å². The number of halogens is 1. The summed E-state index contributed by atoms with van der Waals surface area (Å²) in [5.41, 5.74) is 10.3. The monoisotopic (exact) mass is 396 g/mol. The van der Waals surface area contributed by atoms with E-state index in [0.717, 1.165) is 60.7 Å². The molecular formula is C20H21ClN6O. The van der Waals surface area contributed by atoms with Gasteiger partial charge in [0.05, 0.1) is 19.5 Å². The number of rotatable bonds is 2. The molecule has 3 aromatic heterocycles. The Labute approximate surface area is 167 Å². The molecule has 0 saturated carbocycles. The van der Waals surface area contributed by atoms with Gasteiger partial charge in [0.25, 0.3) is 0 Å². The smallest absolute Gasteiger partial charge is 0.179 e. The third-order valence-corrected chi connectivity index (χ3v) is 6.38. The van der Waals surface area contributed by atoms with Crippen molar-refractivity contribution in [3.8, 4) is 5.75 Å². The molecule has 2 N–H and O–H groups in total. The van der Waals surface area contributed by atoms with Crippen molar-refractivity contribution in [3.05, 3.63) is 47.0 Å². The van der Waals surface area contributed by atoms with E-state index in [1.807, 2.05) is 12.1 Å². The minimum Gasteiger partial charge on any atom is -0.495 e. The van der Waals surface area contributed by atoms with Crippen LogP contribution >= 0.6 is 11.6 Å². The lowest BCUT2D eigenvalue weighted by molar-refractivity contribution is 0.186. The number of aromatic nitrogens is 4. The van der Waals surface area contributed by atoms with Crippen LogP contribution < -0.4 is 15.4 Å². The fourth-order valence-corrected chi connectivity index (χ4v) is 4.63. The van der Waals surface area contributed by atoms with E-state index in [0.29, 0.717) is 10.8 Å². The summed E-state index contributed by atoms with van der Waals surface area (Å²) in [4.78, 5) is 20.2. The molecule has 1 fully saturated rings. The molecule has 0 amide bonds. The summed E-state index contributed by atoms with van der Waals surface area (Å²) < 4.78 is 5.33. The molecule has 7 nitrogen and oxygen atoms in total. The molecule has 2 aliphatic rings. The summed E-state index contributed by atoms with van der Waals surface area (Å²) in [5.74, 6) is 1.64. The van der Waals surface area contributed by atoms with E-state index < -0.39 is 0 Å². The average molecular weight is 397 g/mol. The average Bonchev–Trinajstić information content (AvgIpc) is 2.99. The summed E-state index contributed by atoms with van der Waals surface area (Å²) in [6.45, 7) is 1.78. The molecule has 28 heavy (non-hydrogen) atoms. The number of ether oxygens (including phenoxy) is 1. The van der Waals surface area contributed by atoms with Crippen LogP contribution in [0.3, 0.4) is 0 Å². The lowest BCUT2D eigenvalue weighted by Gasteiger charge is -2.42. The van der Waals surface area contributed by atoms with Crippen LogP contribution in [0.5, 0.6) is 5.75 Å². The van der Waals surface area contributed by atoms with Gasteiger partial charge in [0.2, 0.25) is 0 Å². The van der Waals surface area contributed by atoms with Crippen LogP contribution in [-0.4, -0.2) is 40.1 Å². The third kappa shape index (κ3) is 2.77. The fraction of sp³-hybridized carbons (Fsp3) is 0.400. The molecule has 1 saturated heterocycles. The van der Waals surface area contributed by atoms with Gasteiger partial charge in [-0.1, -0.05) is 11.6 Å². The van der Waals surface area contributed by atoms with Gasteiger partial charge < -0.3 is 15.4 Å². The van der Waals surface area contributed by atoms with Crippen LogP contribution in [0.25, 0.3) is 11.2 Å². The van der Waals surface area contributed by atoms with Crippen molar-refractivity contribution in [1.82, 2.24) is 19.9 Å². The van der Waals surface area contributed by atoms with Crippen LogP contribution in [0, 0.1) is 5.41 Å². The van der Waals surface area contributed by atoms with Crippen LogP contribution in [-0.2, 0) is 6.42 Å². The number of pyridine rings is 2. The van der Waals surface area contributed by atoms with Crippen molar-refractivity contribution >= 4 is 28.6 Å². The summed E-state index contributed by atoms with van der Waals surface area (Å²) in [5, 5.41) is 0.425. The Morgan fingerprint density at radius 3 is 2.79 bits per heavy atom. The van der Waals surface area contributed by atoms with Crippen molar-refractivity contribution in [2.24, 2.45) is 11.1 Å². The molecule has 0 radical (unpaired) electrons. The first-order chi connectivity index (χ1) is 13.6. The second-order valence-corrected chi connectivity index (χ2v) is 8.01. The van der Waals surface area contributed by atoms with E-state index >= 15 is 0 Å². The number of fused-ring (bicyclic) bond motifs is 2. The number of nitrogens with zero attached hydrogens (tertiary/aromatic N) is 5. The van der Waals surface area contributed by atoms with Gasteiger partial charge in [-0.15, -0.1) is 0 Å². The molecule has 144 valence electrons. The highest BCUT2D eigenvalue weighted by Gasteiger charge is 2.47. The van der Waals surface area contributed by atoms with Crippen LogP contribution in [0.2, 0.25) is 5.15 Å². The first kappa shape index (κ1) is 17.6. The Kier molecular flexibility index (Phi) is 4.10. The van der Waals surface area contributed by atoms with Crippen LogP contribution in [0.1, 0.15) is 30.1 Å². The molecule has 1 spiro atoms. The quantitative estimate of drug-likeness (QED) is 0.666. The van der Waals surface area contributed by atoms with Gasteiger partial charge in [-0.3, -0.25) is 4.98 Å². The molecule has 5 rings (SSSR count). The van der Waals surface area contributed by atoms with Gasteiger partial charge in [0, 0.05) is 24.8 Å².